The second-order valence-corrected chi connectivity index (χ2v) is 5.53. The van der Waals surface area contributed by atoms with Gasteiger partial charge in [-0.25, -0.2) is 4.98 Å². The van der Waals surface area contributed by atoms with Crippen molar-refractivity contribution < 1.29 is 18.0 Å². The predicted molar refractivity (Wildman–Crippen MR) is 84.3 cm³/mol. The summed E-state index contributed by atoms with van der Waals surface area (Å²) < 4.78 is 39.8. The molecule has 0 aliphatic carbocycles. The standard InChI is InChI=1S/C16H11ClF3N3O/c1-9-14(15(24)22-12-5-3-2-4-11(12)17)23-8-10(16(18,19)20)6-7-13(23)21-9/h2-8H,1H3,(H,22,24). The molecule has 0 saturated heterocycles. The van der Waals surface area contributed by atoms with E-state index in [2.05, 4.69) is 10.3 Å². The Bertz CT molecular complexity index is 934. The van der Waals surface area contributed by atoms with Crippen molar-refractivity contribution in [1.82, 2.24) is 9.38 Å². The summed E-state index contributed by atoms with van der Waals surface area (Å²) in [5.41, 5.74) is 0.101. The number of carbonyl (C=O) groups excluding carboxylic acids is 1. The van der Waals surface area contributed by atoms with E-state index in [-0.39, 0.29) is 11.3 Å². The van der Waals surface area contributed by atoms with Gasteiger partial charge in [-0.15, -0.1) is 0 Å². The Kier molecular flexibility index (Phi) is 3.96. The second-order valence-electron chi connectivity index (χ2n) is 5.12. The van der Waals surface area contributed by atoms with Crippen LogP contribution in [0.25, 0.3) is 5.65 Å². The van der Waals surface area contributed by atoms with Crippen LogP contribution in [0.1, 0.15) is 21.7 Å². The van der Waals surface area contributed by atoms with E-state index >= 15 is 0 Å². The van der Waals surface area contributed by atoms with Gasteiger partial charge in [0.25, 0.3) is 5.91 Å². The Morgan fingerprint density at radius 1 is 1.21 bits per heavy atom. The lowest BCUT2D eigenvalue weighted by atomic mass is 10.2. The van der Waals surface area contributed by atoms with Crippen molar-refractivity contribution >= 4 is 28.8 Å². The Morgan fingerprint density at radius 2 is 1.92 bits per heavy atom. The van der Waals surface area contributed by atoms with Crippen molar-refractivity contribution in [3.05, 3.63) is 64.6 Å². The normalized spacial score (nSPS) is 11.7. The van der Waals surface area contributed by atoms with Crippen molar-refractivity contribution in [2.45, 2.75) is 13.1 Å². The highest BCUT2D eigenvalue weighted by Gasteiger charge is 2.31. The number of aryl methyl sites for hydroxylation is 1. The highest BCUT2D eigenvalue weighted by molar-refractivity contribution is 6.33. The summed E-state index contributed by atoms with van der Waals surface area (Å²) in [5, 5.41) is 2.92. The lowest BCUT2D eigenvalue weighted by molar-refractivity contribution is -0.137. The number of fused-ring (bicyclic) bond motifs is 1. The summed E-state index contributed by atoms with van der Waals surface area (Å²) in [5.74, 6) is -0.590. The van der Waals surface area contributed by atoms with Crippen molar-refractivity contribution in [1.29, 1.82) is 0 Å². The van der Waals surface area contributed by atoms with Gasteiger partial charge in [-0.3, -0.25) is 9.20 Å². The maximum atomic E-state index is 12.9. The van der Waals surface area contributed by atoms with E-state index in [1.54, 1.807) is 31.2 Å². The highest BCUT2D eigenvalue weighted by atomic mass is 35.5. The molecule has 1 amide bonds. The summed E-state index contributed by atoms with van der Waals surface area (Å²) in [6.07, 6.45) is -3.65. The summed E-state index contributed by atoms with van der Waals surface area (Å²) in [6, 6.07) is 8.73. The number of amides is 1. The van der Waals surface area contributed by atoms with E-state index in [1.807, 2.05) is 0 Å². The van der Waals surface area contributed by atoms with Gasteiger partial charge in [0.1, 0.15) is 11.3 Å². The summed E-state index contributed by atoms with van der Waals surface area (Å²) in [7, 11) is 0. The molecule has 0 spiro atoms. The minimum absolute atomic E-state index is 0.0241. The molecule has 24 heavy (non-hydrogen) atoms. The number of hydrogen-bond acceptors (Lipinski definition) is 2. The van der Waals surface area contributed by atoms with Gasteiger partial charge in [0.05, 0.1) is 22.0 Å². The summed E-state index contributed by atoms with van der Waals surface area (Å²) >= 11 is 5.99. The number of hydrogen-bond donors (Lipinski definition) is 1. The first-order valence-electron chi connectivity index (χ1n) is 6.89. The fourth-order valence-electron chi connectivity index (χ4n) is 2.35. The fourth-order valence-corrected chi connectivity index (χ4v) is 2.53. The average molecular weight is 354 g/mol. The van der Waals surface area contributed by atoms with E-state index in [9.17, 15) is 18.0 Å². The Morgan fingerprint density at radius 3 is 2.58 bits per heavy atom. The number of para-hydroxylation sites is 1. The number of nitrogens with one attached hydrogen (secondary N) is 1. The van der Waals surface area contributed by atoms with Gasteiger partial charge in [0, 0.05) is 6.20 Å². The molecule has 0 atom stereocenters. The maximum absolute atomic E-state index is 12.9. The van der Waals surface area contributed by atoms with E-state index in [4.69, 9.17) is 11.6 Å². The molecular formula is C16H11ClF3N3O. The van der Waals surface area contributed by atoms with Crippen molar-refractivity contribution in [3.8, 4) is 0 Å². The molecule has 0 saturated carbocycles. The van der Waals surface area contributed by atoms with Crippen LogP contribution in [0.2, 0.25) is 5.02 Å². The van der Waals surface area contributed by atoms with Crippen LogP contribution < -0.4 is 5.32 Å². The molecule has 0 bridgehead atoms. The zero-order chi connectivity index (χ0) is 17.5. The fraction of sp³-hybridized carbons (Fsp3) is 0.125. The zero-order valence-corrected chi connectivity index (χ0v) is 13.1. The van der Waals surface area contributed by atoms with Crippen molar-refractivity contribution in [2.24, 2.45) is 0 Å². The maximum Gasteiger partial charge on any atom is 0.417 e. The van der Waals surface area contributed by atoms with Gasteiger partial charge < -0.3 is 5.32 Å². The van der Waals surface area contributed by atoms with E-state index in [1.165, 1.54) is 6.07 Å². The molecule has 3 aromatic rings. The molecule has 0 aliphatic heterocycles. The molecule has 0 fully saturated rings. The molecule has 2 heterocycles. The number of nitrogens with zero attached hydrogens (tertiary/aromatic N) is 2. The van der Waals surface area contributed by atoms with E-state index in [0.717, 1.165) is 16.7 Å². The summed E-state index contributed by atoms with van der Waals surface area (Å²) in [4.78, 5) is 16.6. The average Bonchev–Trinajstić information content (AvgIpc) is 2.83. The zero-order valence-electron chi connectivity index (χ0n) is 12.4. The molecule has 1 aromatic carbocycles. The van der Waals surface area contributed by atoms with Crippen LogP contribution in [0.15, 0.2) is 42.6 Å². The number of pyridine rings is 1. The molecule has 1 N–H and O–H groups in total. The van der Waals surface area contributed by atoms with Crippen molar-refractivity contribution in [2.75, 3.05) is 5.32 Å². The number of halogens is 4. The number of imidazole rings is 1. The largest absolute Gasteiger partial charge is 0.417 e. The molecule has 2 aromatic heterocycles. The number of rotatable bonds is 2. The number of alkyl halides is 3. The van der Waals surface area contributed by atoms with Crippen LogP contribution in [0.4, 0.5) is 18.9 Å². The quantitative estimate of drug-likeness (QED) is 0.733. The van der Waals surface area contributed by atoms with Gasteiger partial charge in [0.2, 0.25) is 0 Å². The molecule has 8 heteroatoms. The van der Waals surface area contributed by atoms with E-state index < -0.39 is 17.6 Å². The van der Waals surface area contributed by atoms with Gasteiger partial charge in [-0.2, -0.15) is 13.2 Å². The number of aromatic nitrogens is 2. The smallest absolute Gasteiger partial charge is 0.319 e. The Balaban J connectivity index is 2.06. The third-order valence-electron chi connectivity index (χ3n) is 3.46. The SMILES string of the molecule is Cc1nc2ccc(C(F)(F)F)cn2c1C(=O)Nc1ccccc1Cl. The number of carbonyl (C=O) groups is 1. The first kappa shape index (κ1) is 16.3. The predicted octanol–water partition coefficient (Wildman–Crippen LogP) is 4.57. The monoisotopic (exact) mass is 353 g/mol. The van der Waals surface area contributed by atoms with Gasteiger partial charge in [-0.05, 0) is 31.2 Å². The van der Waals surface area contributed by atoms with Crippen LogP contribution in [0, 0.1) is 6.92 Å². The first-order valence-corrected chi connectivity index (χ1v) is 7.27. The minimum Gasteiger partial charge on any atom is -0.319 e. The molecule has 3 rings (SSSR count). The van der Waals surface area contributed by atoms with Crippen LogP contribution >= 0.6 is 11.6 Å². The topological polar surface area (TPSA) is 46.4 Å². The van der Waals surface area contributed by atoms with Gasteiger partial charge in [0.15, 0.2) is 0 Å². The molecule has 0 unspecified atom stereocenters. The van der Waals surface area contributed by atoms with Crippen LogP contribution in [-0.2, 0) is 6.18 Å². The Labute approximate surface area is 139 Å². The second kappa shape index (κ2) is 5.83. The van der Waals surface area contributed by atoms with Crippen molar-refractivity contribution in [3.63, 3.8) is 0 Å². The van der Waals surface area contributed by atoms with Gasteiger partial charge >= 0.3 is 6.18 Å². The van der Waals surface area contributed by atoms with E-state index in [0.29, 0.717) is 16.4 Å². The van der Waals surface area contributed by atoms with Crippen LogP contribution in [0.3, 0.4) is 0 Å². The van der Waals surface area contributed by atoms with Gasteiger partial charge in [-0.1, -0.05) is 23.7 Å². The molecule has 4 nitrogen and oxygen atoms in total. The lowest BCUT2D eigenvalue weighted by Crippen LogP contribution is -2.16. The minimum atomic E-state index is -4.51. The molecule has 0 aliphatic rings. The molecular weight excluding hydrogens is 343 g/mol. The Hall–Kier alpha value is -2.54. The third kappa shape index (κ3) is 2.94. The summed E-state index contributed by atoms with van der Waals surface area (Å²) in [6.45, 7) is 1.56. The lowest BCUT2D eigenvalue weighted by Gasteiger charge is -2.10. The van der Waals surface area contributed by atoms with Crippen LogP contribution in [-0.4, -0.2) is 15.3 Å². The third-order valence-corrected chi connectivity index (χ3v) is 3.79. The number of benzene rings is 1. The van der Waals surface area contributed by atoms with Crippen LogP contribution in [0.5, 0.6) is 0 Å². The molecule has 0 radical (unpaired) electrons. The highest BCUT2D eigenvalue weighted by Crippen LogP contribution is 2.30. The first-order chi connectivity index (χ1) is 11.3. The number of anilines is 1. The molecule has 124 valence electrons.